The van der Waals surface area contributed by atoms with E-state index in [1.807, 2.05) is 47.4 Å². The minimum absolute atomic E-state index is 0.00378. The Morgan fingerprint density at radius 1 is 0.933 bits per heavy atom. The number of morpholine rings is 1. The summed E-state index contributed by atoms with van der Waals surface area (Å²) in [5.74, 6) is 0. The van der Waals surface area contributed by atoms with E-state index >= 15 is 0 Å². The lowest BCUT2D eigenvalue weighted by Gasteiger charge is -2.37. The number of nitrogens with zero attached hydrogens (tertiary/aromatic N) is 3. The number of ether oxygens (including phenoxy) is 1. The average Bonchev–Trinajstić information content (AvgIpc) is 2.80. The smallest absolute Gasteiger partial charge is 0.318 e. The second kappa shape index (κ2) is 10.2. The SMILES string of the molecule is O=C(NC(CN1CCOCC1)c1ccccc1)N1CCN(c2ccccc2Cl)CC1. The van der Waals surface area contributed by atoms with Crippen molar-refractivity contribution in [2.24, 2.45) is 0 Å². The molecule has 2 amide bonds. The van der Waals surface area contributed by atoms with Gasteiger partial charge in [0.1, 0.15) is 0 Å². The van der Waals surface area contributed by atoms with Crippen molar-refractivity contribution in [1.29, 1.82) is 0 Å². The second-order valence-electron chi connectivity index (χ2n) is 7.75. The molecule has 7 heteroatoms. The number of para-hydroxylation sites is 1. The first kappa shape index (κ1) is 21.0. The third-order valence-corrected chi connectivity index (χ3v) is 6.12. The molecule has 0 aromatic heterocycles. The number of piperazine rings is 1. The second-order valence-corrected chi connectivity index (χ2v) is 8.16. The summed E-state index contributed by atoms with van der Waals surface area (Å²) in [6.45, 7) is 6.99. The minimum Gasteiger partial charge on any atom is -0.379 e. The number of benzene rings is 2. The highest BCUT2D eigenvalue weighted by Gasteiger charge is 2.26. The van der Waals surface area contributed by atoms with Crippen LogP contribution in [0.3, 0.4) is 0 Å². The quantitative estimate of drug-likeness (QED) is 0.794. The van der Waals surface area contributed by atoms with Crippen molar-refractivity contribution in [2.75, 3.05) is 63.9 Å². The molecule has 6 nitrogen and oxygen atoms in total. The summed E-state index contributed by atoms with van der Waals surface area (Å²) in [7, 11) is 0. The first-order valence-electron chi connectivity index (χ1n) is 10.6. The van der Waals surface area contributed by atoms with Crippen molar-refractivity contribution in [3.8, 4) is 0 Å². The van der Waals surface area contributed by atoms with E-state index in [-0.39, 0.29) is 12.1 Å². The van der Waals surface area contributed by atoms with Gasteiger partial charge < -0.3 is 19.9 Å². The molecule has 2 aromatic rings. The molecule has 2 aliphatic rings. The van der Waals surface area contributed by atoms with Gasteiger partial charge in [-0.2, -0.15) is 0 Å². The molecule has 0 saturated carbocycles. The van der Waals surface area contributed by atoms with E-state index in [4.69, 9.17) is 16.3 Å². The van der Waals surface area contributed by atoms with E-state index in [2.05, 4.69) is 27.2 Å². The van der Waals surface area contributed by atoms with Crippen molar-refractivity contribution in [3.63, 3.8) is 0 Å². The van der Waals surface area contributed by atoms with Crippen LogP contribution in [0.15, 0.2) is 54.6 Å². The van der Waals surface area contributed by atoms with Gasteiger partial charge in [0.25, 0.3) is 0 Å². The van der Waals surface area contributed by atoms with Crippen molar-refractivity contribution in [2.45, 2.75) is 6.04 Å². The van der Waals surface area contributed by atoms with Gasteiger partial charge in [-0.1, -0.05) is 54.1 Å². The molecule has 1 atom stereocenters. The predicted molar refractivity (Wildman–Crippen MR) is 120 cm³/mol. The monoisotopic (exact) mass is 428 g/mol. The lowest BCUT2D eigenvalue weighted by Crippen LogP contribution is -2.53. The summed E-state index contributed by atoms with van der Waals surface area (Å²) in [5.41, 5.74) is 2.17. The molecule has 2 heterocycles. The summed E-state index contributed by atoms with van der Waals surface area (Å²) in [5, 5.41) is 4.03. The number of halogens is 1. The van der Waals surface area contributed by atoms with Crippen LogP contribution < -0.4 is 10.2 Å². The van der Waals surface area contributed by atoms with Crippen LogP contribution in [0.1, 0.15) is 11.6 Å². The van der Waals surface area contributed by atoms with E-state index in [9.17, 15) is 4.79 Å². The molecule has 0 aliphatic carbocycles. The van der Waals surface area contributed by atoms with Crippen LogP contribution in [0.25, 0.3) is 0 Å². The molecule has 2 saturated heterocycles. The molecule has 0 spiro atoms. The Hall–Kier alpha value is -2.28. The van der Waals surface area contributed by atoms with Gasteiger partial charge in [-0.25, -0.2) is 4.79 Å². The van der Waals surface area contributed by atoms with E-state index < -0.39 is 0 Å². The molecular formula is C23H29ClN4O2. The minimum atomic E-state index is -0.0432. The van der Waals surface area contributed by atoms with Crippen LogP contribution >= 0.6 is 11.6 Å². The van der Waals surface area contributed by atoms with Gasteiger partial charge in [0.15, 0.2) is 0 Å². The summed E-state index contributed by atoms with van der Waals surface area (Å²) in [6.07, 6.45) is 0. The fraction of sp³-hybridized carbons (Fsp3) is 0.435. The molecule has 4 rings (SSSR count). The average molecular weight is 429 g/mol. The molecule has 1 unspecified atom stereocenters. The van der Waals surface area contributed by atoms with Crippen LogP contribution in [-0.4, -0.2) is 74.9 Å². The van der Waals surface area contributed by atoms with Crippen molar-refractivity contribution in [1.82, 2.24) is 15.1 Å². The highest BCUT2D eigenvalue weighted by Crippen LogP contribution is 2.26. The number of hydrogen-bond acceptors (Lipinski definition) is 4. The number of nitrogens with one attached hydrogen (secondary N) is 1. The number of carbonyl (C=O) groups is 1. The summed E-state index contributed by atoms with van der Waals surface area (Å²) < 4.78 is 5.47. The van der Waals surface area contributed by atoms with E-state index in [0.717, 1.165) is 62.2 Å². The first-order chi connectivity index (χ1) is 14.7. The molecular weight excluding hydrogens is 400 g/mol. The summed E-state index contributed by atoms with van der Waals surface area (Å²) >= 11 is 6.34. The molecule has 30 heavy (non-hydrogen) atoms. The fourth-order valence-electron chi connectivity index (χ4n) is 4.06. The zero-order valence-corrected chi connectivity index (χ0v) is 17.9. The third kappa shape index (κ3) is 5.25. The third-order valence-electron chi connectivity index (χ3n) is 5.80. The number of amides is 2. The lowest BCUT2D eigenvalue weighted by atomic mass is 10.1. The van der Waals surface area contributed by atoms with E-state index in [0.29, 0.717) is 13.1 Å². The van der Waals surface area contributed by atoms with Gasteiger partial charge in [0, 0.05) is 45.8 Å². The van der Waals surface area contributed by atoms with Gasteiger partial charge in [-0.15, -0.1) is 0 Å². The van der Waals surface area contributed by atoms with E-state index in [1.165, 1.54) is 0 Å². The Bertz CT molecular complexity index is 821. The molecule has 1 N–H and O–H groups in total. The largest absolute Gasteiger partial charge is 0.379 e. The molecule has 2 aliphatic heterocycles. The van der Waals surface area contributed by atoms with Gasteiger partial charge >= 0.3 is 6.03 Å². The van der Waals surface area contributed by atoms with Crippen molar-refractivity contribution in [3.05, 3.63) is 65.2 Å². The predicted octanol–water partition coefficient (Wildman–Crippen LogP) is 3.25. The Morgan fingerprint density at radius 2 is 1.60 bits per heavy atom. The van der Waals surface area contributed by atoms with Crippen LogP contribution in [-0.2, 0) is 4.74 Å². The molecule has 2 fully saturated rings. The summed E-state index contributed by atoms with van der Waals surface area (Å²) in [6, 6.07) is 18.1. The normalized spacial score (nSPS) is 18.8. The van der Waals surface area contributed by atoms with Crippen LogP contribution in [0, 0.1) is 0 Å². The molecule has 0 bridgehead atoms. The number of anilines is 1. The maximum Gasteiger partial charge on any atom is 0.318 e. The number of carbonyl (C=O) groups excluding carboxylic acids is 1. The Balaban J connectivity index is 1.37. The Labute approximate surface area is 183 Å². The van der Waals surface area contributed by atoms with Crippen molar-refractivity contribution < 1.29 is 9.53 Å². The zero-order valence-electron chi connectivity index (χ0n) is 17.2. The Kier molecular flexibility index (Phi) is 7.10. The molecule has 0 radical (unpaired) electrons. The number of hydrogen-bond donors (Lipinski definition) is 1. The highest BCUT2D eigenvalue weighted by molar-refractivity contribution is 6.33. The van der Waals surface area contributed by atoms with Gasteiger partial charge in [0.05, 0.1) is 30.0 Å². The standard InChI is InChI=1S/C23H29ClN4O2/c24-20-8-4-5-9-22(20)27-10-12-28(13-11-27)23(29)25-21(19-6-2-1-3-7-19)18-26-14-16-30-17-15-26/h1-9,21H,10-18H2,(H,25,29). The Morgan fingerprint density at radius 3 is 2.30 bits per heavy atom. The molecule has 160 valence electrons. The lowest BCUT2D eigenvalue weighted by molar-refractivity contribution is 0.0337. The van der Waals surface area contributed by atoms with Gasteiger partial charge in [-0.05, 0) is 17.7 Å². The van der Waals surface area contributed by atoms with Gasteiger partial charge in [0.2, 0.25) is 0 Å². The highest BCUT2D eigenvalue weighted by atomic mass is 35.5. The molecule has 2 aromatic carbocycles. The zero-order chi connectivity index (χ0) is 20.8. The maximum absolute atomic E-state index is 13.1. The summed E-state index contributed by atoms with van der Waals surface area (Å²) in [4.78, 5) is 19.6. The maximum atomic E-state index is 13.1. The van der Waals surface area contributed by atoms with Crippen LogP contribution in [0.5, 0.6) is 0 Å². The topological polar surface area (TPSA) is 48.1 Å². The van der Waals surface area contributed by atoms with Crippen LogP contribution in [0.4, 0.5) is 10.5 Å². The van der Waals surface area contributed by atoms with Crippen molar-refractivity contribution >= 4 is 23.3 Å². The number of rotatable bonds is 5. The fourth-order valence-corrected chi connectivity index (χ4v) is 4.32. The van der Waals surface area contributed by atoms with Gasteiger partial charge in [-0.3, -0.25) is 4.90 Å². The van der Waals surface area contributed by atoms with E-state index in [1.54, 1.807) is 0 Å². The number of urea groups is 1. The first-order valence-corrected chi connectivity index (χ1v) is 11.0. The van der Waals surface area contributed by atoms with Crippen LogP contribution in [0.2, 0.25) is 5.02 Å².